The van der Waals surface area contributed by atoms with Crippen molar-refractivity contribution in [2.45, 2.75) is 45.4 Å². The van der Waals surface area contributed by atoms with E-state index in [4.69, 9.17) is 10.00 Å². The molecule has 2 rings (SSSR count). The maximum absolute atomic E-state index is 12.6. The van der Waals surface area contributed by atoms with Crippen LogP contribution in [0.4, 0.5) is 13.2 Å². The number of hydrogen-bond acceptors (Lipinski definition) is 2. The number of benzene rings is 1. The van der Waals surface area contributed by atoms with E-state index in [1.54, 1.807) is 6.07 Å². The maximum atomic E-state index is 12.6. The standard InChI is InChI=1S/C16H18F3NO/c1-10-5-11(2)7-14(6-10)21-15-4-3-13(16(17,18)19)8-12(15)9-20/h3-4,8,10-11,14H,5-7H2,1-2H3. The minimum Gasteiger partial charge on any atom is -0.489 e. The molecule has 1 saturated carbocycles. The van der Waals surface area contributed by atoms with Gasteiger partial charge in [0.15, 0.2) is 0 Å². The highest BCUT2D eigenvalue weighted by Crippen LogP contribution is 2.35. The van der Waals surface area contributed by atoms with Crippen LogP contribution in [0.25, 0.3) is 0 Å². The minimum atomic E-state index is -4.45. The molecule has 1 aromatic rings. The predicted molar refractivity (Wildman–Crippen MR) is 72.8 cm³/mol. The van der Waals surface area contributed by atoms with Gasteiger partial charge in [-0.3, -0.25) is 0 Å². The molecule has 0 bridgehead atoms. The summed E-state index contributed by atoms with van der Waals surface area (Å²) in [5, 5.41) is 9.04. The third-order valence-corrected chi connectivity index (χ3v) is 3.86. The van der Waals surface area contributed by atoms with Gasteiger partial charge in [-0.15, -0.1) is 0 Å². The molecule has 5 heteroatoms. The van der Waals surface area contributed by atoms with Gasteiger partial charge in [0.2, 0.25) is 0 Å². The number of halogens is 3. The van der Waals surface area contributed by atoms with Crippen LogP contribution in [0.5, 0.6) is 5.75 Å². The van der Waals surface area contributed by atoms with E-state index >= 15 is 0 Å². The number of alkyl halides is 3. The van der Waals surface area contributed by atoms with Crippen molar-refractivity contribution >= 4 is 0 Å². The fourth-order valence-corrected chi connectivity index (χ4v) is 3.05. The first-order valence-corrected chi connectivity index (χ1v) is 7.07. The molecule has 0 heterocycles. The lowest BCUT2D eigenvalue weighted by Crippen LogP contribution is -2.28. The average molecular weight is 297 g/mol. The fourth-order valence-electron chi connectivity index (χ4n) is 3.05. The largest absolute Gasteiger partial charge is 0.489 e. The van der Waals surface area contributed by atoms with Crippen LogP contribution in [0.2, 0.25) is 0 Å². The van der Waals surface area contributed by atoms with Crippen LogP contribution in [0.3, 0.4) is 0 Å². The lowest BCUT2D eigenvalue weighted by Gasteiger charge is -2.32. The van der Waals surface area contributed by atoms with Crippen molar-refractivity contribution in [3.8, 4) is 11.8 Å². The quantitative estimate of drug-likeness (QED) is 0.787. The summed E-state index contributed by atoms with van der Waals surface area (Å²) in [4.78, 5) is 0. The van der Waals surface area contributed by atoms with Gasteiger partial charge in [-0.2, -0.15) is 18.4 Å². The highest BCUT2D eigenvalue weighted by molar-refractivity contribution is 5.46. The Morgan fingerprint density at radius 2 is 1.76 bits per heavy atom. The van der Waals surface area contributed by atoms with E-state index < -0.39 is 11.7 Å². The van der Waals surface area contributed by atoms with Gasteiger partial charge < -0.3 is 4.74 Å². The average Bonchev–Trinajstić information content (AvgIpc) is 2.36. The van der Waals surface area contributed by atoms with Crippen molar-refractivity contribution in [2.75, 3.05) is 0 Å². The summed E-state index contributed by atoms with van der Waals surface area (Å²) in [7, 11) is 0. The van der Waals surface area contributed by atoms with Crippen molar-refractivity contribution in [3.05, 3.63) is 29.3 Å². The third kappa shape index (κ3) is 3.90. The normalized spacial score (nSPS) is 26.2. The van der Waals surface area contributed by atoms with E-state index in [1.165, 1.54) is 6.07 Å². The Morgan fingerprint density at radius 3 is 2.29 bits per heavy atom. The number of ether oxygens (including phenoxy) is 1. The molecule has 1 aliphatic rings. The molecule has 0 aliphatic heterocycles. The maximum Gasteiger partial charge on any atom is 0.416 e. The van der Waals surface area contributed by atoms with Crippen molar-refractivity contribution in [2.24, 2.45) is 11.8 Å². The monoisotopic (exact) mass is 297 g/mol. The van der Waals surface area contributed by atoms with Crippen molar-refractivity contribution < 1.29 is 17.9 Å². The summed E-state index contributed by atoms with van der Waals surface area (Å²) in [6.45, 7) is 4.29. The first-order chi connectivity index (χ1) is 9.79. The molecule has 21 heavy (non-hydrogen) atoms. The van der Waals surface area contributed by atoms with Crippen LogP contribution >= 0.6 is 0 Å². The first kappa shape index (κ1) is 15.7. The molecule has 0 radical (unpaired) electrons. The smallest absolute Gasteiger partial charge is 0.416 e. The molecule has 0 spiro atoms. The number of hydrogen-bond donors (Lipinski definition) is 0. The van der Waals surface area contributed by atoms with Crippen LogP contribution in [-0.4, -0.2) is 6.10 Å². The second-order valence-electron chi connectivity index (χ2n) is 5.98. The van der Waals surface area contributed by atoms with Gasteiger partial charge in [0.25, 0.3) is 0 Å². The molecule has 1 fully saturated rings. The van der Waals surface area contributed by atoms with E-state index in [-0.39, 0.29) is 17.4 Å². The molecule has 0 amide bonds. The molecule has 1 aliphatic carbocycles. The van der Waals surface area contributed by atoms with Crippen molar-refractivity contribution in [3.63, 3.8) is 0 Å². The van der Waals surface area contributed by atoms with Crippen molar-refractivity contribution in [1.29, 1.82) is 5.26 Å². The van der Waals surface area contributed by atoms with E-state index in [9.17, 15) is 13.2 Å². The first-order valence-electron chi connectivity index (χ1n) is 7.07. The van der Waals surface area contributed by atoms with Crippen LogP contribution in [0.1, 0.15) is 44.2 Å². The van der Waals surface area contributed by atoms with E-state index in [2.05, 4.69) is 13.8 Å². The second-order valence-corrected chi connectivity index (χ2v) is 5.98. The van der Waals surface area contributed by atoms with E-state index in [0.29, 0.717) is 11.8 Å². The van der Waals surface area contributed by atoms with Gasteiger partial charge in [-0.25, -0.2) is 0 Å². The van der Waals surface area contributed by atoms with Gasteiger partial charge in [0.05, 0.1) is 17.2 Å². The Bertz CT molecular complexity index is 537. The van der Waals surface area contributed by atoms with E-state index in [0.717, 1.165) is 31.4 Å². The van der Waals surface area contributed by atoms with E-state index in [1.807, 2.05) is 0 Å². The second kappa shape index (κ2) is 5.97. The summed E-state index contributed by atoms with van der Waals surface area (Å²) >= 11 is 0. The minimum absolute atomic E-state index is 0.0346. The highest BCUT2D eigenvalue weighted by atomic mass is 19.4. The Balaban J connectivity index is 2.19. The molecule has 114 valence electrons. The summed E-state index contributed by atoms with van der Waals surface area (Å²) in [6, 6.07) is 4.87. The zero-order valence-corrected chi connectivity index (χ0v) is 12.1. The third-order valence-electron chi connectivity index (χ3n) is 3.86. The van der Waals surface area contributed by atoms with Crippen LogP contribution in [0.15, 0.2) is 18.2 Å². The van der Waals surface area contributed by atoms with Crippen LogP contribution in [-0.2, 0) is 6.18 Å². The van der Waals surface area contributed by atoms with Gasteiger partial charge in [0.1, 0.15) is 11.8 Å². The zero-order chi connectivity index (χ0) is 15.6. The van der Waals surface area contributed by atoms with Gasteiger partial charge in [-0.05, 0) is 49.3 Å². The zero-order valence-electron chi connectivity index (χ0n) is 12.1. The molecule has 2 atom stereocenters. The fraction of sp³-hybridized carbons (Fsp3) is 0.562. The Labute approximate surface area is 122 Å². The lowest BCUT2D eigenvalue weighted by atomic mass is 9.82. The number of nitrogens with zero attached hydrogens (tertiary/aromatic N) is 1. The summed E-state index contributed by atoms with van der Waals surface area (Å²) in [5.74, 6) is 1.30. The summed E-state index contributed by atoms with van der Waals surface area (Å²) in [6.07, 6.45) is -1.60. The molecule has 2 unspecified atom stereocenters. The SMILES string of the molecule is CC1CC(C)CC(Oc2ccc(C(F)(F)F)cc2C#N)C1. The van der Waals surface area contributed by atoms with Gasteiger partial charge in [0, 0.05) is 0 Å². The van der Waals surface area contributed by atoms with Crippen molar-refractivity contribution in [1.82, 2.24) is 0 Å². The molecule has 0 saturated heterocycles. The van der Waals surface area contributed by atoms with Gasteiger partial charge >= 0.3 is 6.18 Å². The summed E-state index contributed by atoms with van der Waals surface area (Å²) < 4.78 is 43.7. The Hall–Kier alpha value is -1.70. The topological polar surface area (TPSA) is 33.0 Å². The van der Waals surface area contributed by atoms with Gasteiger partial charge in [-0.1, -0.05) is 13.8 Å². The Kier molecular flexibility index (Phi) is 4.46. The molecular formula is C16H18F3NO. The molecule has 2 nitrogen and oxygen atoms in total. The summed E-state index contributed by atoms with van der Waals surface area (Å²) in [5.41, 5.74) is -0.882. The highest BCUT2D eigenvalue weighted by Gasteiger charge is 2.32. The number of nitriles is 1. The lowest BCUT2D eigenvalue weighted by molar-refractivity contribution is -0.137. The molecule has 0 N–H and O–H groups in total. The number of rotatable bonds is 2. The molecular weight excluding hydrogens is 279 g/mol. The molecule has 0 aromatic heterocycles. The predicted octanol–water partition coefficient (Wildman–Crippen LogP) is 4.78. The van der Waals surface area contributed by atoms with Crippen LogP contribution in [0, 0.1) is 23.2 Å². The molecule has 1 aromatic carbocycles. The Morgan fingerprint density at radius 1 is 1.14 bits per heavy atom. The van der Waals surface area contributed by atoms with Crippen LogP contribution < -0.4 is 4.74 Å².